The fourth-order valence-corrected chi connectivity index (χ4v) is 0.440. The minimum absolute atomic E-state index is 0. The molecule has 7 heavy (non-hydrogen) atoms. The van der Waals surface area contributed by atoms with Crippen LogP contribution in [0.1, 0.15) is 0 Å². The van der Waals surface area contributed by atoms with Crippen LogP contribution in [-0.4, -0.2) is 26.4 Å². The summed E-state index contributed by atoms with van der Waals surface area (Å²) in [6, 6.07) is 0. The summed E-state index contributed by atoms with van der Waals surface area (Å²) in [5.74, 6) is 0. The Morgan fingerprint density at radius 1 is 0.714 bits per heavy atom. The summed E-state index contributed by atoms with van der Waals surface area (Å²) < 4.78 is 9.89. The van der Waals surface area contributed by atoms with E-state index in [-0.39, 0.29) is 40.8 Å². The van der Waals surface area contributed by atoms with Gasteiger partial charge in [-0.15, -0.1) is 0 Å². The van der Waals surface area contributed by atoms with Crippen LogP contribution in [0.2, 0.25) is 0 Å². The first-order chi connectivity index (χ1) is 3.00. The average molecular weight is 232 g/mol. The minimum atomic E-state index is 0. The van der Waals surface area contributed by atoms with Crippen LogP contribution >= 0.6 is 0 Å². The molecular formula is C4H8NdO2. The fraction of sp³-hybridized carbons (Fsp3) is 1.00. The first kappa shape index (κ1) is 8.27. The number of rotatable bonds is 0. The Balaban J connectivity index is 0.000000360. The van der Waals surface area contributed by atoms with Crippen molar-refractivity contribution in [3.63, 3.8) is 0 Å². The molecule has 0 aliphatic carbocycles. The van der Waals surface area contributed by atoms with Gasteiger partial charge in [0.15, 0.2) is 0 Å². The quantitative estimate of drug-likeness (QED) is 0.587. The molecule has 0 saturated carbocycles. The summed E-state index contributed by atoms with van der Waals surface area (Å²) in [4.78, 5) is 0. The van der Waals surface area contributed by atoms with E-state index in [0.29, 0.717) is 0 Å². The zero-order valence-corrected chi connectivity index (χ0v) is 7.35. The molecule has 0 unspecified atom stereocenters. The van der Waals surface area contributed by atoms with Gasteiger partial charge in [0.2, 0.25) is 0 Å². The molecule has 40 valence electrons. The maximum Gasteiger partial charge on any atom is 0.0701 e. The van der Waals surface area contributed by atoms with E-state index in [1.54, 1.807) is 0 Å². The second-order valence-electron chi connectivity index (χ2n) is 1.22. The zero-order chi connectivity index (χ0) is 4.24. The summed E-state index contributed by atoms with van der Waals surface area (Å²) >= 11 is 0. The third kappa shape index (κ3) is 3.82. The van der Waals surface area contributed by atoms with E-state index in [9.17, 15) is 0 Å². The Morgan fingerprint density at radius 3 is 1.14 bits per heavy atom. The first-order valence-corrected chi connectivity index (χ1v) is 2.15. The van der Waals surface area contributed by atoms with Gasteiger partial charge in [0.1, 0.15) is 0 Å². The first-order valence-electron chi connectivity index (χ1n) is 2.15. The van der Waals surface area contributed by atoms with E-state index >= 15 is 0 Å². The van der Waals surface area contributed by atoms with Crippen LogP contribution in [-0.2, 0) is 9.47 Å². The third-order valence-corrected chi connectivity index (χ3v) is 0.744. The van der Waals surface area contributed by atoms with Gasteiger partial charge < -0.3 is 9.47 Å². The van der Waals surface area contributed by atoms with Crippen molar-refractivity contribution in [2.45, 2.75) is 0 Å². The predicted octanol–water partition coefficient (Wildman–Crippen LogP) is 0.0332. The van der Waals surface area contributed by atoms with Crippen LogP contribution < -0.4 is 0 Å². The van der Waals surface area contributed by atoms with Gasteiger partial charge in [-0.2, -0.15) is 0 Å². The minimum Gasteiger partial charge on any atom is -0.377 e. The third-order valence-electron chi connectivity index (χ3n) is 0.744. The Labute approximate surface area is 76.1 Å². The molecule has 0 bridgehead atoms. The summed E-state index contributed by atoms with van der Waals surface area (Å²) in [5.41, 5.74) is 0. The van der Waals surface area contributed by atoms with Gasteiger partial charge in [0, 0.05) is 40.8 Å². The summed E-state index contributed by atoms with van der Waals surface area (Å²) in [5, 5.41) is 0. The molecular weight excluding hydrogens is 224 g/mol. The zero-order valence-electron chi connectivity index (χ0n) is 4.14. The molecule has 0 N–H and O–H groups in total. The molecule has 1 rings (SSSR count). The number of hydrogen-bond acceptors (Lipinski definition) is 2. The van der Waals surface area contributed by atoms with Crippen molar-refractivity contribution in [2.24, 2.45) is 0 Å². The van der Waals surface area contributed by atoms with E-state index in [1.807, 2.05) is 0 Å². The Kier molecular flexibility index (Phi) is 6.39. The van der Waals surface area contributed by atoms with Crippen molar-refractivity contribution in [2.75, 3.05) is 26.4 Å². The largest absolute Gasteiger partial charge is 0.377 e. The summed E-state index contributed by atoms with van der Waals surface area (Å²) in [7, 11) is 0. The summed E-state index contributed by atoms with van der Waals surface area (Å²) in [6.07, 6.45) is 0. The van der Waals surface area contributed by atoms with Crippen LogP contribution in [0.15, 0.2) is 0 Å². The fourth-order valence-electron chi connectivity index (χ4n) is 0.440. The van der Waals surface area contributed by atoms with Crippen molar-refractivity contribution < 1.29 is 50.3 Å². The molecule has 0 aromatic carbocycles. The normalized spacial score (nSPS) is 20.6. The predicted molar refractivity (Wildman–Crippen MR) is 21.6 cm³/mol. The molecule has 1 aliphatic heterocycles. The summed E-state index contributed by atoms with van der Waals surface area (Å²) in [6.45, 7) is 3.11. The van der Waals surface area contributed by atoms with Crippen LogP contribution in [0, 0.1) is 40.8 Å². The Bertz CT molecular complexity index is 25.2. The van der Waals surface area contributed by atoms with Crippen molar-refractivity contribution in [1.29, 1.82) is 0 Å². The van der Waals surface area contributed by atoms with E-state index in [2.05, 4.69) is 0 Å². The molecule has 1 heterocycles. The average Bonchev–Trinajstić information content (AvgIpc) is 1.72. The number of hydrogen-bond donors (Lipinski definition) is 0. The van der Waals surface area contributed by atoms with E-state index in [0.717, 1.165) is 26.4 Å². The second kappa shape index (κ2) is 5.41. The maximum atomic E-state index is 4.94. The second-order valence-corrected chi connectivity index (χ2v) is 1.22. The van der Waals surface area contributed by atoms with Crippen LogP contribution in [0.3, 0.4) is 0 Å². The van der Waals surface area contributed by atoms with E-state index in [4.69, 9.17) is 9.47 Å². The number of ether oxygens (including phenoxy) is 2. The maximum absolute atomic E-state index is 4.94. The van der Waals surface area contributed by atoms with Crippen LogP contribution in [0.4, 0.5) is 0 Å². The molecule has 0 spiro atoms. The molecule has 0 radical (unpaired) electrons. The molecule has 0 amide bonds. The van der Waals surface area contributed by atoms with Gasteiger partial charge in [0.25, 0.3) is 0 Å². The van der Waals surface area contributed by atoms with E-state index in [1.165, 1.54) is 0 Å². The molecule has 1 aliphatic rings. The molecule has 0 aromatic heterocycles. The van der Waals surface area contributed by atoms with Gasteiger partial charge in [-0.25, -0.2) is 0 Å². The Morgan fingerprint density at radius 2 is 1.00 bits per heavy atom. The van der Waals surface area contributed by atoms with Gasteiger partial charge in [-0.1, -0.05) is 0 Å². The smallest absolute Gasteiger partial charge is 0.0701 e. The van der Waals surface area contributed by atoms with Gasteiger partial charge in [-0.3, -0.25) is 0 Å². The van der Waals surface area contributed by atoms with Crippen molar-refractivity contribution in [1.82, 2.24) is 0 Å². The van der Waals surface area contributed by atoms with Crippen LogP contribution in [0.25, 0.3) is 0 Å². The van der Waals surface area contributed by atoms with Gasteiger partial charge in [0.05, 0.1) is 26.4 Å². The van der Waals surface area contributed by atoms with Gasteiger partial charge >= 0.3 is 0 Å². The molecule has 0 aromatic rings. The van der Waals surface area contributed by atoms with Crippen LogP contribution in [0.5, 0.6) is 0 Å². The molecule has 1 fully saturated rings. The molecule has 0 atom stereocenters. The van der Waals surface area contributed by atoms with Gasteiger partial charge in [-0.05, 0) is 0 Å². The van der Waals surface area contributed by atoms with Crippen molar-refractivity contribution in [3.05, 3.63) is 0 Å². The monoisotopic (exact) mass is 230 g/mol. The molecule has 3 heteroatoms. The SMILES string of the molecule is C1COCCO1.[Nd]. The molecule has 1 saturated heterocycles. The van der Waals surface area contributed by atoms with Crippen molar-refractivity contribution in [3.8, 4) is 0 Å². The molecule has 2 nitrogen and oxygen atoms in total. The van der Waals surface area contributed by atoms with E-state index < -0.39 is 0 Å². The van der Waals surface area contributed by atoms with Crippen molar-refractivity contribution >= 4 is 0 Å². The Hall–Kier alpha value is 1.27. The standard InChI is InChI=1S/C4H8O2.Nd/c1-2-6-4-3-5-1;/h1-4H2;. The topological polar surface area (TPSA) is 18.5 Å².